The lowest BCUT2D eigenvalue weighted by Crippen LogP contribution is -2.24. The first-order valence-corrected chi connectivity index (χ1v) is 10.3. The third kappa shape index (κ3) is 6.18. The highest BCUT2D eigenvalue weighted by Gasteiger charge is 2.11. The molecule has 0 fully saturated rings. The van der Waals surface area contributed by atoms with E-state index in [9.17, 15) is 9.59 Å². The van der Waals surface area contributed by atoms with Gasteiger partial charge in [-0.25, -0.2) is 0 Å². The van der Waals surface area contributed by atoms with Crippen molar-refractivity contribution in [1.29, 1.82) is 0 Å². The first-order valence-electron chi connectivity index (χ1n) is 10.3. The summed E-state index contributed by atoms with van der Waals surface area (Å²) in [6.45, 7) is 6.73. The number of nitrogens with one attached hydrogen (secondary N) is 2. The average molecular weight is 421 g/mol. The summed E-state index contributed by atoms with van der Waals surface area (Å²) in [5.41, 5.74) is 3.73. The third-order valence-electron chi connectivity index (χ3n) is 4.80. The first-order chi connectivity index (χ1) is 15.0. The first kappa shape index (κ1) is 22.1. The molecule has 0 aliphatic rings. The van der Waals surface area contributed by atoms with Crippen LogP contribution in [-0.4, -0.2) is 23.5 Å². The van der Waals surface area contributed by atoms with Gasteiger partial charge in [0.15, 0.2) is 0 Å². The number of amides is 2. The largest absolute Gasteiger partial charge is 0.489 e. The summed E-state index contributed by atoms with van der Waals surface area (Å²) >= 11 is 0. The normalized spacial score (nSPS) is 10.5. The molecule has 0 aliphatic heterocycles. The van der Waals surface area contributed by atoms with Crippen LogP contribution in [0.2, 0.25) is 0 Å². The van der Waals surface area contributed by atoms with Crippen LogP contribution in [-0.2, 0) is 17.8 Å². The van der Waals surface area contributed by atoms with E-state index in [1.165, 1.54) is 0 Å². The van der Waals surface area contributed by atoms with Gasteiger partial charge >= 0.3 is 0 Å². The number of hydrogen-bond acceptors (Lipinski definition) is 5. The molecule has 0 spiro atoms. The summed E-state index contributed by atoms with van der Waals surface area (Å²) in [7, 11) is 0. The number of nitrogens with zero attached hydrogens (tertiary/aromatic N) is 1. The second-order valence-corrected chi connectivity index (χ2v) is 7.30. The molecule has 0 bridgehead atoms. The van der Waals surface area contributed by atoms with Gasteiger partial charge < -0.3 is 19.9 Å². The van der Waals surface area contributed by atoms with E-state index < -0.39 is 0 Å². The SMILES string of the molecule is CCCNC(=O)c1cccc(NC(=O)Cc2ccc(OCc3c(C)noc3C)cc2)c1. The number of benzene rings is 2. The Bertz CT molecular complexity index is 1020. The number of rotatable bonds is 9. The number of aryl methyl sites for hydroxylation is 2. The molecule has 3 rings (SSSR count). The van der Waals surface area contributed by atoms with Gasteiger partial charge in [0.25, 0.3) is 5.91 Å². The van der Waals surface area contributed by atoms with Crippen molar-refractivity contribution in [2.75, 3.05) is 11.9 Å². The predicted molar refractivity (Wildman–Crippen MR) is 118 cm³/mol. The molecule has 0 radical (unpaired) electrons. The molecule has 3 aromatic rings. The van der Waals surface area contributed by atoms with Crippen molar-refractivity contribution in [2.24, 2.45) is 0 Å². The standard InChI is InChI=1S/C24H27N3O4/c1-4-12-25-24(29)19-6-5-7-20(14-19)26-23(28)13-18-8-10-21(11-9-18)30-15-22-16(2)27-31-17(22)3/h5-11,14H,4,12-13,15H2,1-3H3,(H,25,29)(H,26,28). The van der Waals surface area contributed by atoms with Crippen LogP contribution >= 0.6 is 0 Å². The van der Waals surface area contributed by atoms with Gasteiger partial charge in [0.1, 0.15) is 18.1 Å². The number of aromatic nitrogens is 1. The molecule has 7 nitrogen and oxygen atoms in total. The van der Waals surface area contributed by atoms with E-state index in [1.54, 1.807) is 24.3 Å². The Kier molecular flexibility index (Phi) is 7.43. The van der Waals surface area contributed by atoms with Crippen LogP contribution in [0.4, 0.5) is 5.69 Å². The molecule has 2 aromatic carbocycles. The van der Waals surface area contributed by atoms with Crippen LogP contribution in [0.5, 0.6) is 5.75 Å². The lowest BCUT2D eigenvalue weighted by molar-refractivity contribution is -0.115. The Morgan fingerprint density at radius 2 is 1.87 bits per heavy atom. The Hall–Kier alpha value is -3.61. The minimum Gasteiger partial charge on any atom is -0.489 e. The van der Waals surface area contributed by atoms with Crippen LogP contribution in [0.3, 0.4) is 0 Å². The van der Waals surface area contributed by atoms with Crippen LogP contribution < -0.4 is 15.4 Å². The molecule has 0 saturated heterocycles. The van der Waals surface area contributed by atoms with Crippen molar-refractivity contribution in [3.63, 3.8) is 0 Å². The fourth-order valence-corrected chi connectivity index (χ4v) is 3.04. The number of anilines is 1. The lowest BCUT2D eigenvalue weighted by Gasteiger charge is -2.09. The molecule has 0 aliphatic carbocycles. The zero-order chi connectivity index (χ0) is 22.2. The molecule has 31 heavy (non-hydrogen) atoms. The van der Waals surface area contributed by atoms with E-state index in [4.69, 9.17) is 9.26 Å². The van der Waals surface area contributed by atoms with Crippen LogP contribution in [0.25, 0.3) is 0 Å². The summed E-state index contributed by atoms with van der Waals surface area (Å²) in [5, 5.41) is 9.59. The van der Waals surface area contributed by atoms with Gasteiger partial charge in [-0.1, -0.05) is 30.3 Å². The fourth-order valence-electron chi connectivity index (χ4n) is 3.04. The van der Waals surface area contributed by atoms with Crippen molar-refractivity contribution in [3.05, 3.63) is 76.7 Å². The second-order valence-electron chi connectivity index (χ2n) is 7.30. The maximum atomic E-state index is 12.4. The zero-order valence-electron chi connectivity index (χ0n) is 18.0. The van der Waals surface area contributed by atoms with Crippen molar-refractivity contribution in [2.45, 2.75) is 40.2 Å². The van der Waals surface area contributed by atoms with Gasteiger partial charge in [-0.2, -0.15) is 0 Å². The fraction of sp³-hybridized carbons (Fsp3) is 0.292. The van der Waals surface area contributed by atoms with Crippen LogP contribution in [0.1, 0.15) is 46.3 Å². The highest BCUT2D eigenvalue weighted by molar-refractivity contribution is 5.97. The molecule has 7 heteroatoms. The van der Waals surface area contributed by atoms with E-state index in [1.807, 2.05) is 45.0 Å². The Balaban J connectivity index is 1.53. The van der Waals surface area contributed by atoms with Crippen molar-refractivity contribution in [1.82, 2.24) is 10.5 Å². The minimum atomic E-state index is -0.157. The highest BCUT2D eigenvalue weighted by atomic mass is 16.5. The molecular weight excluding hydrogens is 394 g/mol. The third-order valence-corrected chi connectivity index (χ3v) is 4.80. The maximum absolute atomic E-state index is 12.4. The molecule has 162 valence electrons. The average Bonchev–Trinajstić information content (AvgIpc) is 3.09. The Morgan fingerprint density at radius 1 is 1.10 bits per heavy atom. The van der Waals surface area contributed by atoms with E-state index >= 15 is 0 Å². The minimum absolute atomic E-state index is 0.148. The molecule has 1 aromatic heterocycles. The molecule has 1 heterocycles. The van der Waals surface area contributed by atoms with E-state index in [-0.39, 0.29) is 18.2 Å². The maximum Gasteiger partial charge on any atom is 0.251 e. The Morgan fingerprint density at radius 3 is 2.55 bits per heavy atom. The molecule has 2 N–H and O–H groups in total. The summed E-state index contributed by atoms with van der Waals surface area (Å²) in [4.78, 5) is 24.5. The number of carbonyl (C=O) groups is 2. The monoisotopic (exact) mass is 421 g/mol. The quantitative estimate of drug-likeness (QED) is 0.540. The zero-order valence-corrected chi connectivity index (χ0v) is 18.0. The molecule has 0 unspecified atom stereocenters. The van der Waals surface area contributed by atoms with Gasteiger partial charge in [-0.05, 0) is 56.2 Å². The van der Waals surface area contributed by atoms with Gasteiger partial charge in [-0.3, -0.25) is 9.59 Å². The van der Waals surface area contributed by atoms with E-state index in [0.717, 1.165) is 29.0 Å². The van der Waals surface area contributed by atoms with Gasteiger partial charge in [-0.15, -0.1) is 0 Å². The van der Waals surface area contributed by atoms with Crippen molar-refractivity contribution < 1.29 is 18.8 Å². The van der Waals surface area contributed by atoms with Crippen LogP contribution in [0, 0.1) is 13.8 Å². The summed E-state index contributed by atoms with van der Waals surface area (Å²) in [6, 6.07) is 14.3. The molecule has 0 atom stereocenters. The van der Waals surface area contributed by atoms with E-state index in [0.29, 0.717) is 30.2 Å². The Labute approximate surface area is 181 Å². The number of hydrogen-bond donors (Lipinski definition) is 2. The highest BCUT2D eigenvalue weighted by Crippen LogP contribution is 2.18. The summed E-state index contributed by atoms with van der Waals surface area (Å²) < 4.78 is 10.9. The van der Waals surface area contributed by atoms with Gasteiger partial charge in [0.05, 0.1) is 17.7 Å². The van der Waals surface area contributed by atoms with Crippen molar-refractivity contribution in [3.8, 4) is 5.75 Å². The predicted octanol–water partition coefficient (Wildman–Crippen LogP) is 4.19. The smallest absolute Gasteiger partial charge is 0.251 e. The number of carbonyl (C=O) groups excluding carboxylic acids is 2. The molecule has 2 amide bonds. The van der Waals surface area contributed by atoms with E-state index in [2.05, 4.69) is 15.8 Å². The summed E-state index contributed by atoms with van der Waals surface area (Å²) in [5.74, 6) is 1.15. The second kappa shape index (κ2) is 10.4. The van der Waals surface area contributed by atoms with Gasteiger partial charge in [0.2, 0.25) is 5.91 Å². The molecular formula is C24H27N3O4. The summed E-state index contributed by atoms with van der Waals surface area (Å²) in [6.07, 6.45) is 1.09. The van der Waals surface area contributed by atoms with Gasteiger partial charge in [0, 0.05) is 17.8 Å². The molecule has 0 saturated carbocycles. The van der Waals surface area contributed by atoms with Crippen LogP contribution in [0.15, 0.2) is 53.1 Å². The van der Waals surface area contributed by atoms with Crippen molar-refractivity contribution >= 4 is 17.5 Å². The number of ether oxygens (including phenoxy) is 1. The topological polar surface area (TPSA) is 93.5 Å². The lowest BCUT2D eigenvalue weighted by atomic mass is 10.1.